The maximum absolute atomic E-state index is 13.1. The minimum atomic E-state index is -3.80. The van der Waals surface area contributed by atoms with Gasteiger partial charge in [-0.25, -0.2) is 12.8 Å². The Labute approximate surface area is 134 Å². The van der Waals surface area contributed by atoms with E-state index in [2.05, 4.69) is 4.72 Å². The van der Waals surface area contributed by atoms with Crippen LogP contribution in [0.5, 0.6) is 11.5 Å². The monoisotopic (exact) mass is 337 g/mol. The van der Waals surface area contributed by atoms with Crippen molar-refractivity contribution >= 4 is 15.7 Å². The molecule has 7 heteroatoms. The Bertz CT molecular complexity index is 836. The summed E-state index contributed by atoms with van der Waals surface area (Å²) in [6.45, 7) is 2.64. The molecule has 0 bridgehead atoms. The van der Waals surface area contributed by atoms with Gasteiger partial charge < -0.3 is 9.47 Å². The summed E-state index contributed by atoms with van der Waals surface area (Å²) in [5.74, 6) is 0.515. The minimum Gasteiger partial charge on any atom is -0.490 e. The Kier molecular flexibility index (Phi) is 4.12. The van der Waals surface area contributed by atoms with Gasteiger partial charge in [-0.3, -0.25) is 4.72 Å². The topological polar surface area (TPSA) is 64.6 Å². The molecule has 0 atom stereocenters. The normalized spacial score (nSPS) is 14.2. The fraction of sp³-hybridized carbons (Fsp3) is 0.250. The standard InChI is InChI=1S/C16H16FNO4S/c1-11-9-12(17)3-5-14(11)18-23(19,20)13-4-6-15-16(10-13)22-8-2-7-21-15/h3-6,9-10,18H,2,7-8H2,1H3. The van der Waals surface area contributed by atoms with Crippen LogP contribution in [0.1, 0.15) is 12.0 Å². The highest BCUT2D eigenvalue weighted by atomic mass is 32.2. The van der Waals surface area contributed by atoms with Gasteiger partial charge in [0.2, 0.25) is 0 Å². The largest absolute Gasteiger partial charge is 0.490 e. The Morgan fingerprint density at radius 2 is 1.78 bits per heavy atom. The molecule has 0 unspecified atom stereocenters. The van der Waals surface area contributed by atoms with E-state index in [0.29, 0.717) is 36.0 Å². The number of hydrogen-bond donors (Lipinski definition) is 1. The lowest BCUT2D eigenvalue weighted by Crippen LogP contribution is -2.14. The Morgan fingerprint density at radius 1 is 1.04 bits per heavy atom. The summed E-state index contributed by atoms with van der Waals surface area (Å²) < 4.78 is 51.6. The Morgan fingerprint density at radius 3 is 2.52 bits per heavy atom. The summed E-state index contributed by atoms with van der Waals surface area (Å²) in [6.07, 6.45) is 0.740. The highest BCUT2D eigenvalue weighted by Crippen LogP contribution is 2.32. The lowest BCUT2D eigenvalue weighted by molar-refractivity contribution is 0.297. The molecular weight excluding hydrogens is 321 g/mol. The van der Waals surface area contributed by atoms with E-state index < -0.39 is 15.8 Å². The van der Waals surface area contributed by atoms with Gasteiger partial charge in [0, 0.05) is 12.5 Å². The zero-order valence-electron chi connectivity index (χ0n) is 12.5. The molecule has 0 fully saturated rings. The first-order valence-electron chi connectivity index (χ1n) is 7.14. The lowest BCUT2D eigenvalue weighted by Gasteiger charge is -2.13. The van der Waals surface area contributed by atoms with E-state index in [1.54, 1.807) is 13.0 Å². The van der Waals surface area contributed by atoms with Crippen LogP contribution in [0.25, 0.3) is 0 Å². The smallest absolute Gasteiger partial charge is 0.262 e. The molecule has 1 heterocycles. The molecule has 5 nitrogen and oxygen atoms in total. The number of sulfonamides is 1. The van der Waals surface area contributed by atoms with Gasteiger partial charge in [-0.1, -0.05) is 0 Å². The van der Waals surface area contributed by atoms with Gasteiger partial charge in [-0.2, -0.15) is 0 Å². The molecule has 2 aromatic carbocycles. The van der Waals surface area contributed by atoms with Crippen LogP contribution in [-0.4, -0.2) is 21.6 Å². The van der Waals surface area contributed by atoms with Gasteiger partial charge in [0.25, 0.3) is 10.0 Å². The first-order valence-corrected chi connectivity index (χ1v) is 8.63. The maximum Gasteiger partial charge on any atom is 0.262 e. The molecule has 0 amide bonds. The van der Waals surface area contributed by atoms with E-state index in [-0.39, 0.29) is 4.90 Å². The second-order valence-electron chi connectivity index (χ2n) is 5.22. The third kappa shape index (κ3) is 3.39. The molecule has 1 N–H and O–H groups in total. The molecule has 2 aromatic rings. The fourth-order valence-corrected chi connectivity index (χ4v) is 3.40. The molecular formula is C16H16FNO4S. The molecule has 1 aliphatic heterocycles. The molecule has 122 valence electrons. The molecule has 0 spiro atoms. The molecule has 23 heavy (non-hydrogen) atoms. The molecule has 3 rings (SSSR count). The average Bonchev–Trinajstić information content (AvgIpc) is 2.74. The second-order valence-corrected chi connectivity index (χ2v) is 6.91. The highest BCUT2D eigenvalue weighted by molar-refractivity contribution is 7.92. The third-order valence-corrected chi connectivity index (χ3v) is 4.83. The summed E-state index contributed by atoms with van der Waals surface area (Å²) in [4.78, 5) is 0.0606. The summed E-state index contributed by atoms with van der Waals surface area (Å²) in [6, 6.07) is 8.33. The van der Waals surface area contributed by atoms with E-state index in [4.69, 9.17) is 9.47 Å². The van der Waals surface area contributed by atoms with Gasteiger partial charge in [0.15, 0.2) is 11.5 Å². The molecule has 0 saturated heterocycles. The van der Waals surface area contributed by atoms with Gasteiger partial charge >= 0.3 is 0 Å². The third-order valence-electron chi connectivity index (χ3n) is 3.46. The minimum absolute atomic E-state index is 0.0606. The predicted molar refractivity (Wildman–Crippen MR) is 84.0 cm³/mol. The number of halogens is 1. The number of ether oxygens (including phenoxy) is 2. The van der Waals surface area contributed by atoms with Crippen LogP contribution in [0.15, 0.2) is 41.3 Å². The number of hydrogen-bond acceptors (Lipinski definition) is 4. The number of benzene rings is 2. The van der Waals surface area contributed by atoms with Crippen LogP contribution in [0.4, 0.5) is 10.1 Å². The molecule has 1 aliphatic rings. The highest BCUT2D eigenvalue weighted by Gasteiger charge is 2.19. The molecule has 0 aromatic heterocycles. The van der Waals surface area contributed by atoms with Crippen molar-refractivity contribution in [3.05, 3.63) is 47.8 Å². The quantitative estimate of drug-likeness (QED) is 0.935. The van der Waals surface area contributed by atoms with Gasteiger partial charge in [-0.15, -0.1) is 0 Å². The van der Waals surface area contributed by atoms with Crippen molar-refractivity contribution in [2.75, 3.05) is 17.9 Å². The van der Waals surface area contributed by atoms with Crippen molar-refractivity contribution < 1.29 is 22.3 Å². The zero-order chi connectivity index (χ0) is 16.4. The lowest BCUT2D eigenvalue weighted by atomic mass is 10.2. The van der Waals surface area contributed by atoms with Crippen LogP contribution >= 0.6 is 0 Å². The van der Waals surface area contributed by atoms with Crippen molar-refractivity contribution in [2.45, 2.75) is 18.2 Å². The Balaban J connectivity index is 1.92. The first kappa shape index (κ1) is 15.6. The van der Waals surface area contributed by atoms with Crippen LogP contribution in [0, 0.1) is 12.7 Å². The number of aryl methyl sites for hydroxylation is 1. The maximum atomic E-state index is 13.1. The number of rotatable bonds is 3. The summed E-state index contributed by atoms with van der Waals surface area (Å²) >= 11 is 0. The van der Waals surface area contributed by atoms with Crippen molar-refractivity contribution in [3.8, 4) is 11.5 Å². The van der Waals surface area contributed by atoms with E-state index in [0.717, 1.165) is 6.42 Å². The van der Waals surface area contributed by atoms with E-state index in [9.17, 15) is 12.8 Å². The number of nitrogens with one attached hydrogen (secondary N) is 1. The average molecular weight is 337 g/mol. The molecule has 0 saturated carbocycles. The van der Waals surface area contributed by atoms with E-state index >= 15 is 0 Å². The van der Waals surface area contributed by atoms with Crippen LogP contribution < -0.4 is 14.2 Å². The van der Waals surface area contributed by atoms with Gasteiger partial charge in [0.05, 0.1) is 23.8 Å². The van der Waals surface area contributed by atoms with Crippen molar-refractivity contribution in [2.24, 2.45) is 0 Å². The molecule has 0 aliphatic carbocycles. The number of fused-ring (bicyclic) bond motifs is 1. The van der Waals surface area contributed by atoms with Crippen LogP contribution in [-0.2, 0) is 10.0 Å². The summed E-state index contributed by atoms with van der Waals surface area (Å²) in [5, 5.41) is 0. The van der Waals surface area contributed by atoms with E-state index in [1.165, 1.54) is 30.3 Å². The van der Waals surface area contributed by atoms with Crippen molar-refractivity contribution in [1.29, 1.82) is 0 Å². The van der Waals surface area contributed by atoms with Gasteiger partial charge in [-0.05, 0) is 42.8 Å². The van der Waals surface area contributed by atoms with Gasteiger partial charge in [0.1, 0.15) is 5.82 Å². The van der Waals surface area contributed by atoms with Crippen LogP contribution in [0.2, 0.25) is 0 Å². The van der Waals surface area contributed by atoms with Crippen molar-refractivity contribution in [1.82, 2.24) is 0 Å². The fourth-order valence-electron chi connectivity index (χ4n) is 2.26. The van der Waals surface area contributed by atoms with E-state index in [1.807, 2.05) is 0 Å². The van der Waals surface area contributed by atoms with Crippen molar-refractivity contribution in [3.63, 3.8) is 0 Å². The number of anilines is 1. The SMILES string of the molecule is Cc1cc(F)ccc1NS(=O)(=O)c1ccc2c(c1)OCCCO2. The second kappa shape index (κ2) is 6.08. The first-order chi connectivity index (χ1) is 11.0. The predicted octanol–water partition coefficient (Wildman–Crippen LogP) is 3.10. The summed E-state index contributed by atoms with van der Waals surface area (Å²) in [5.41, 5.74) is 0.835. The molecule has 0 radical (unpaired) electrons. The summed E-state index contributed by atoms with van der Waals surface area (Å²) in [7, 11) is -3.80. The Hall–Kier alpha value is -2.28. The zero-order valence-corrected chi connectivity index (χ0v) is 13.3. The van der Waals surface area contributed by atoms with Crippen LogP contribution in [0.3, 0.4) is 0 Å².